The first-order chi connectivity index (χ1) is 6.43. The van der Waals surface area contributed by atoms with Crippen molar-refractivity contribution in [3.63, 3.8) is 0 Å². The molecule has 0 aromatic rings. The van der Waals surface area contributed by atoms with Crippen LogP contribution in [0.15, 0.2) is 0 Å². The van der Waals surface area contributed by atoms with E-state index in [0.717, 1.165) is 13.0 Å². The molecule has 0 saturated carbocycles. The van der Waals surface area contributed by atoms with Crippen LogP contribution >= 0.6 is 0 Å². The first kappa shape index (κ1) is 14.1. The molecule has 0 unspecified atom stereocenters. The Labute approximate surface area is 89.5 Å². The minimum absolute atomic E-state index is 0.0459. The van der Waals surface area contributed by atoms with Crippen molar-refractivity contribution in [2.24, 2.45) is 0 Å². The van der Waals surface area contributed by atoms with Crippen LogP contribution in [0.4, 0.5) is 0 Å². The van der Waals surface area contributed by atoms with Crippen molar-refractivity contribution < 1.29 is 8.85 Å². The lowest BCUT2D eigenvalue weighted by atomic mass is 10.3. The molecule has 0 aliphatic rings. The van der Waals surface area contributed by atoms with E-state index in [1.54, 1.807) is 14.2 Å². The normalized spacial score (nSPS) is 13.3. The molecule has 0 aromatic carbocycles. The molecule has 0 amide bonds. The van der Waals surface area contributed by atoms with E-state index >= 15 is 0 Å². The van der Waals surface area contributed by atoms with Gasteiger partial charge in [-0.2, -0.15) is 0 Å². The van der Waals surface area contributed by atoms with E-state index in [9.17, 15) is 0 Å². The van der Waals surface area contributed by atoms with Gasteiger partial charge in [-0.15, -0.1) is 0 Å². The molecule has 0 atom stereocenters. The fourth-order valence-corrected chi connectivity index (χ4v) is 4.25. The Morgan fingerprint density at radius 1 is 1.14 bits per heavy atom. The van der Waals surface area contributed by atoms with E-state index in [1.807, 2.05) is 0 Å². The standard InChI is InChI=1S/C10H25NO2Si/c1-7-8-9-11-14(12-5,13-6)10(2,3)4/h11H,7-9H2,1-6H3. The Morgan fingerprint density at radius 3 is 1.93 bits per heavy atom. The van der Waals surface area contributed by atoms with E-state index in [-0.39, 0.29) is 5.04 Å². The van der Waals surface area contributed by atoms with Crippen molar-refractivity contribution in [3.05, 3.63) is 0 Å². The molecule has 0 spiro atoms. The molecular formula is C10H25NO2Si. The van der Waals surface area contributed by atoms with Gasteiger partial charge in [0.05, 0.1) is 0 Å². The van der Waals surface area contributed by atoms with Crippen LogP contribution in [0.2, 0.25) is 5.04 Å². The summed E-state index contributed by atoms with van der Waals surface area (Å²) in [5.41, 5.74) is 0. The van der Waals surface area contributed by atoms with Gasteiger partial charge in [0.15, 0.2) is 0 Å². The SMILES string of the molecule is CCCCN[Si](OC)(OC)C(C)(C)C. The topological polar surface area (TPSA) is 30.5 Å². The molecule has 0 aromatic heterocycles. The van der Waals surface area contributed by atoms with Gasteiger partial charge in [0.2, 0.25) is 0 Å². The van der Waals surface area contributed by atoms with Crippen LogP contribution in [0.1, 0.15) is 40.5 Å². The summed E-state index contributed by atoms with van der Waals surface area (Å²) in [6.07, 6.45) is 2.35. The third-order valence-electron chi connectivity index (χ3n) is 2.45. The molecule has 14 heavy (non-hydrogen) atoms. The van der Waals surface area contributed by atoms with Gasteiger partial charge in [-0.3, -0.25) is 4.98 Å². The predicted octanol–water partition coefficient (Wildman–Crippen LogP) is 2.41. The maximum absolute atomic E-state index is 5.60. The number of hydrogen-bond acceptors (Lipinski definition) is 3. The van der Waals surface area contributed by atoms with E-state index in [0.29, 0.717) is 0 Å². The summed E-state index contributed by atoms with van der Waals surface area (Å²) in [5.74, 6) is 0. The quantitative estimate of drug-likeness (QED) is 0.550. The summed E-state index contributed by atoms with van der Waals surface area (Å²) >= 11 is 0. The van der Waals surface area contributed by atoms with Crippen molar-refractivity contribution in [3.8, 4) is 0 Å². The highest BCUT2D eigenvalue weighted by Gasteiger charge is 2.48. The van der Waals surface area contributed by atoms with E-state index in [2.05, 4.69) is 32.7 Å². The van der Waals surface area contributed by atoms with Gasteiger partial charge >= 0.3 is 8.72 Å². The van der Waals surface area contributed by atoms with Crippen molar-refractivity contribution in [1.29, 1.82) is 0 Å². The third kappa shape index (κ3) is 3.35. The lowest BCUT2D eigenvalue weighted by Gasteiger charge is -2.38. The molecular weight excluding hydrogens is 194 g/mol. The van der Waals surface area contributed by atoms with E-state index in [1.165, 1.54) is 6.42 Å². The summed E-state index contributed by atoms with van der Waals surface area (Å²) in [7, 11) is 1.24. The maximum Gasteiger partial charge on any atom is 0.430 e. The molecule has 86 valence electrons. The summed E-state index contributed by atoms with van der Waals surface area (Å²) < 4.78 is 11.2. The lowest BCUT2D eigenvalue weighted by Crippen LogP contribution is -2.61. The first-order valence-electron chi connectivity index (χ1n) is 5.29. The smallest absolute Gasteiger partial charge is 0.386 e. The summed E-state index contributed by atoms with van der Waals surface area (Å²) in [6, 6.07) is 0. The minimum atomic E-state index is -2.23. The van der Waals surface area contributed by atoms with Gasteiger partial charge in [0.1, 0.15) is 0 Å². The van der Waals surface area contributed by atoms with Gasteiger partial charge in [-0.1, -0.05) is 34.1 Å². The number of hydrogen-bond donors (Lipinski definition) is 1. The highest BCUT2D eigenvalue weighted by atomic mass is 28.4. The molecule has 0 aliphatic carbocycles. The highest BCUT2D eigenvalue weighted by Crippen LogP contribution is 2.34. The summed E-state index contributed by atoms with van der Waals surface area (Å²) in [5, 5.41) is 0.0459. The maximum atomic E-state index is 5.60. The van der Waals surface area contributed by atoms with Gasteiger partial charge in [-0.25, -0.2) is 0 Å². The molecule has 1 N–H and O–H groups in total. The predicted molar refractivity (Wildman–Crippen MR) is 62.4 cm³/mol. The first-order valence-corrected chi connectivity index (χ1v) is 7.10. The van der Waals surface area contributed by atoms with Gasteiger partial charge in [0.25, 0.3) is 0 Å². The Bertz CT molecular complexity index is 153. The summed E-state index contributed by atoms with van der Waals surface area (Å²) in [6.45, 7) is 9.63. The van der Waals surface area contributed by atoms with Gasteiger partial charge in [0, 0.05) is 19.3 Å². The van der Waals surface area contributed by atoms with Crippen LogP contribution in [-0.4, -0.2) is 29.5 Å². The summed E-state index contributed by atoms with van der Waals surface area (Å²) in [4.78, 5) is 3.47. The Balaban J connectivity index is 4.39. The van der Waals surface area contributed by atoms with Crippen LogP contribution < -0.4 is 4.98 Å². The second kappa shape index (κ2) is 5.85. The van der Waals surface area contributed by atoms with Crippen LogP contribution in [-0.2, 0) is 8.85 Å². The van der Waals surface area contributed by atoms with Crippen molar-refractivity contribution in [2.45, 2.75) is 45.6 Å². The molecule has 0 saturated heterocycles. The van der Waals surface area contributed by atoms with Crippen molar-refractivity contribution in [1.82, 2.24) is 4.98 Å². The molecule has 4 heteroatoms. The number of unbranched alkanes of at least 4 members (excludes halogenated alkanes) is 1. The Hall–Kier alpha value is 0.0969. The highest BCUT2D eigenvalue weighted by molar-refractivity contribution is 6.67. The van der Waals surface area contributed by atoms with E-state index < -0.39 is 8.72 Å². The monoisotopic (exact) mass is 219 g/mol. The van der Waals surface area contributed by atoms with Crippen LogP contribution in [0.5, 0.6) is 0 Å². The number of nitrogens with one attached hydrogen (secondary N) is 1. The van der Waals surface area contributed by atoms with Gasteiger partial charge < -0.3 is 8.85 Å². The van der Waals surface area contributed by atoms with Crippen molar-refractivity contribution in [2.75, 3.05) is 20.8 Å². The third-order valence-corrected chi connectivity index (χ3v) is 6.29. The minimum Gasteiger partial charge on any atom is -0.386 e. The zero-order valence-corrected chi connectivity index (χ0v) is 11.4. The van der Waals surface area contributed by atoms with Crippen molar-refractivity contribution >= 4 is 8.72 Å². The zero-order chi connectivity index (χ0) is 11.2. The molecule has 3 nitrogen and oxygen atoms in total. The molecule has 0 bridgehead atoms. The van der Waals surface area contributed by atoms with E-state index in [4.69, 9.17) is 8.85 Å². The average Bonchev–Trinajstić information content (AvgIpc) is 2.11. The molecule has 0 radical (unpaired) electrons. The number of rotatable bonds is 6. The molecule has 0 fully saturated rings. The zero-order valence-electron chi connectivity index (χ0n) is 10.4. The fourth-order valence-electron chi connectivity index (χ4n) is 1.53. The van der Waals surface area contributed by atoms with Gasteiger partial charge in [-0.05, 0) is 13.0 Å². The Kier molecular flexibility index (Phi) is 5.89. The fraction of sp³-hybridized carbons (Fsp3) is 1.00. The second-order valence-electron chi connectivity index (χ2n) is 4.56. The largest absolute Gasteiger partial charge is 0.430 e. The second-order valence-corrected chi connectivity index (χ2v) is 8.46. The van der Waals surface area contributed by atoms with Crippen LogP contribution in [0, 0.1) is 0 Å². The lowest BCUT2D eigenvalue weighted by molar-refractivity contribution is 0.199. The van der Waals surface area contributed by atoms with Crippen LogP contribution in [0.25, 0.3) is 0 Å². The molecule has 0 rings (SSSR count). The Morgan fingerprint density at radius 2 is 1.64 bits per heavy atom. The van der Waals surface area contributed by atoms with Crippen LogP contribution in [0.3, 0.4) is 0 Å². The molecule has 0 heterocycles. The average molecular weight is 219 g/mol. The molecule has 0 aliphatic heterocycles.